The van der Waals surface area contributed by atoms with Crippen molar-refractivity contribution in [3.8, 4) is 22.6 Å². The Hall–Kier alpha value is -5.38. The van der Waals surface area contributed by atoms with Crippen molar-refractivity contribution in [1.29, 1.82) is 0 Å². The summed E-state index contributed by atoms with van der Waals surface area (Å²) in [5, 5.41) is 3.92. The van der Waals surface area contributed by atoms with Crippen LogP contribution in [0.2, 0.25) is 0 Å². The number of likely N-dealkylation sites (N-methyl/N-ethyl adjacent to an activating group) is 1. The van der Waals surface area contributed by atoms with Crippen molar-refractivity contribution in [3.63, 3.8) is 0 Å². The van der Waals surface area contributed by atoms with Crippen molar-refractivity contribution in [3.05, 3.63) is 197 Å². The molecule has 2 unspecified atom stereocenters. The maximum atomic E-state index is 6.51. The SMILES string of the molecule is CN1C(c2ccccc2)C=C(c2ccccc2)NC1c1ccc2c(c1)-c1ccccc1C21c2ccccc2Oc2ccccc21. The minimum atomic E-state index is -0.455. The summed E-state index contributed by atoms with van der Waals surface area (Å²) in [5.74, 6) is 1.83. The fourth-order valence-corrected chi connectivity index (χ4v) is 7.88. The van der Waals surface area contributed by atoms with Gasteiger partial charge in [-0.05, 0) is 70.3 Å². The average molecular weight is 581 g/mol. The molecule has 9 rings (SSSR count). The van der Waals surface area contributed by atoms with Crippen molar-refractivity contribution in [1.82, 2.24) is 10.2 Å². The third kappa shape index (κ3) is 3.81. The second-order valence-electron chi connectivity index (χ2n) is 12.2. The lowest BCUT2D eigenvalue weighted by atomic mass is 9.66. The third-order valence-electron chi connectivity index (χ3n) is 9.88. The number of para-hydroxylation sites is 2. The molecule has 3 nitrogen and oxygen atoms in total. The Morgan fingerprint density at radius 3 is 1.84 bits per heavy atom. The first-order valence-corrected chi connectivity index (χ1v) is 15.7. The number of hydrogen-bond donors (Lipinski definition) is 1. The lowest BCUT2D eigenvalue weighted by molar-refractivity contribution is 0.176. The molecule has 0 amide bonds. The van der Waals surface area contributed by atoms with Crippen LogP contribution in [0.1, 0.15) is 51.2 Å². The molecule has 3 aliphatic rings. The number of nitrogens with zero attached hydrogens (tertiary/aromatic N) is 1. The van der Waals surface area contributed by atoms with Crippen LogP contribution in [0.3, 0.4) is 0 Å². The minimum absolute atomic E-state index is 0.0290. The van der Waals surface area contributed by atoms with Crippen LogP contribution in [0.4, 0.5) is 0 Å². The summed E-state index contributed by atoms with van der Waals surface area (Å²) in [6.07, 6.45) is 2.33. The van der Waals surface area contributed by atoms with Crippen molar-refractivity contribution in [2.75, 3.05) is 7.05 Å². The summed E-state index contributed by atoms with van der Waals surface area (Å²) in [5.41, 5.74) is 11.9. The predicted octanol–water partition coefficient (Wildman–Crippen LogP) is 9.47. The molecule has 0 fully saturated rings. The molecule has 0 saturated heterocycles. The van der Waals surface area contributed by atoms with Gasteiger partial charge in [-0.2, -0.15) is 0 Å². The van der Waals surface area contributed by atoms with Crippen LogP contribution in [-0.4, -0.2) is 11.9 Å². The Morgan fingerprint density at radius 2 is 1.13 bits per heavy atom. The Kier molecular flexibility index (Phi) is 5.84. The second kappa shape index (κ2) is 10.1. The number of hydrogen-bond acceptors (Lipinski definition) is 3. The molecule has 0 saturated carbocycles. The highest BCUT2D eigenvalue weighted by Gasteiger charge is 2.51. The van der Waals surface area contributed by atoms with Gasteiger partial charge in [0.1, 0.15) is 17.7 Å². The topological polar surface area (TPSA) is 24.5 Å². The van der Waals surface area contributed by atoms with Crippen LogP contribution in [0.25, 0.3) is 16.8 Å². The van der Waals surface area contributed by atoms with Gasteiger partial charge >= 0.3 is 0 Å². The first-order chi connectivity index (χ1) is 22.2. The number of rotatable bonds is 3. The van der Waals surface area contributed by atoms with Gasteiger partial charge in [0, 0.05) is 16.8 Å². The standard InChI is InChI=1S/C42H32N2O/c1-44-38(29-16-6-3-7-17-29)27-37(28-14-4-2-5-15-28)43-41(44)30-24-25-34-32(26-30)31-18-8-9-19-33(31)42(34)35-20-10-12-22-39(35)45-40-23-13-11-21-36(40)42/h2-27,38,41,43H,1H3. The molecule has 0 radical (unpaired) electrons. The van der Waals surface area contributed by atoms with E-state index >= 15 is 0 Å². The van der Waals surface area contributed by atoms with Gasteiger partial charge in [0.2, 0.25) is 0 Å². The van der Waals surface area contributed by atoms with Gasteiger partial charge in [-0.1, -0.05) is 133 Å². The molecule has 2 aliphatic heterocycles. The molecular formula is C42H32N2O. The van der Waals surface area contributed by atoms with Crippen LogP contribution in [0.15, 0.2) is 158 Å². The Labute approximate surface area is 264 Å². The molecule has 0 bridgehead atoms. The highest BCUT2D eigenvalue weighted by molar-refractivity contribution is 5.88. The van der Waals surface area contributed by atoms with Crippen molar-refractivity contribution in [2.24, 2.45) is 0 Å². The summed E-state index contributed by atoms with van der Waals surface area (Å²) < 4.78 is 6.51. The van der Waals surface area contributed by atoms with Gasteiger partial charge in [0.15, 0.2) is 0 Å². The molecule has 1 spiro atoms. The molecule has 0 aromatic heterocycles. The molecule has 216 valence electrons. The Bertz CT molecular complexity index is 2050. The van der Waals surface area contributed by atoms with Gasteiger partial charge in [-0.25, -0.2) is 0 Å². The van der Waals surface area contributed by atoms with E-state index in [4.69, 9.17) is 4.74 Å². The number of nitrogens with one attached hydrogen (secondary N) is 1. The van der Waals surface area contributed by atoms with E-state index in [-0.39, 0.29) is 12.2 Å². The third-order valence-corrected chi connectivity index (χ3v) is 9.88. The quantitative estimate of drug-likeness (QED) is 0.225. The lowest BCUT2D eigenvalue weighted by Gasteiger charge is -2.41. The molecule has 1 aliphatic carbocycles. The molecule has 6 aromatic carbocycles. The number of fused-ring (bicyclic) bond motifs is 9. The summed E-state index contributed by atoms with van der Waals surface area (Å²) in [6, 6.07) is 54.7. The van der Waals surface area contributed by atoms with Gasteiger partial charge in [0.05, 0.1) is 11.5 Å². The zero-order valence-electron chi connectivity index (χ0n) is 25.0. The van der Waals surface area contributed by atoms with E-state index in [0.29, 0.717) is 0 Å². The van der Waals surface area contributed by atoms with E-state index in [1.807, 2.05) is 0 Å². The minimum Gasteiger partial charge on any atom is -0.457 e. The van der Waals surface area contributed by atoms with Gasteiger partial charge < -0.3 is 10.1 Å². The smallest absolute Gasteiger partial charge is 0.132 e. The van der Waals surface area contributed by atoms with E-state index < -0.39 is 5.41 Å². The van der Waals surface area contributed by atoms with Crippen molar-refractivity contribution >= 4 is 5.70 Å². The van der Waals surface area contributed by atoms with Crippen LogP contribution in [-0.2, 0) is 5.41 Å². The fraction of sp³-hybridized carbons (Fsp3) is 0.0952. The fourth-order valence-electron chi connectivity index (χ4n) is 7.88. The molecule has 2 heterocycles. The predicted molar refractivity (Wildman–Crippen MR) is 181 cm³/mol. The van der Waals surface area contributed by atoms with Gasteiger partial charge in [-0.3, -0.25) is 4.90 Å². The van der Waals surface area contributed by atoms with Crippen LogP contribution in [0, 0.1) is 0 Å². The van der Waals surface area contributed by atoms with E-state index in [1.54, 1.807) is 0 Å². The molecule has 6 aromatic rings. The Morgan fingerprint density at radius 1 is 0.556 bits per heavy atom. The van der Waals surface area contributed by atoms with E-state index in [2.05, 4.69) is 175 Å². The maximum absolute atomic E-state index is 6.51. The molecule has 2 atom stereocenters. The first kappa shape index (κ1) is 26.1. The summed E-state index contributed by atoms with van der Waals surface area (Å²) in [7, 11) is 2.22. The molecule has 1 N–H and O–H groups in total. The monoisotopic (exact) mass is 580 g/mol. The highest BCUT2D eigenvalue weighted by Crippen LogP contribution is 2.62. The van der Waals surface area contributed by atoms with Gasteiger partial charge in [-0.15, -0.1) is 0 Å². The second-order valence-corrected chi connectivity index (χ2v) is 12.2. The van der Waals surface area contributed by atoms with Gasteiger partial charge in [0.25, 0.3) is 0 Å². The molecule has 3 heteroatoms. The van der Waals surface area contributed by atoms with Crippen LogP contribution >= 0.6 is 0 Å². The largest absolute Gasteiger partial charge is 0.457 e. The summed E-state index contributed by atoms with van der Waals surface area (Å²) in [4.78, 5) is 2.44. The summed E-state index contributed by atoms with van der Waals surface area (Å²) >= 11 is 0. The zero-order chi connectivity index (χ0) is 30.0. The van der Waals surface area contributed by atoms with Crippen molar-refractivity contribution in [2.45, 2.75) is 17.6 Å². The van der Waals surface area contributed by atoms with Crippen molar-refractivity contribution < 1.29 is 4.74 Å². The van der Waals surface area contributed by atoms with E-state index in [9.17, 15) is 0 Å². The lowest BCUT2D eigenvalue weighted by Crippen LogP contribution is -2.41. The maximum Gasteiger partial charge on any atom is 0.132 e. The molecule has 45 heavy (non-hydrogen) atoms. The van der Waals surface area contributed by atoms with E-state index in [0.717, 1.165) is 17.2 Å². The molecular weight excluding hydrogens is 548 g/mol. The Balaban J connectivity index is 1.24. The average Bonchev–Trinajstić information content (AvgIpc) is 3.39. The highest BCUT2D eigenvalue weighted by atomic mass is 16.5. The van der Waals surface area contributed by atoms with Crippen LogP contribution < -0.4 is 10.1 Å². The number of ether oxygens (including phenoxy) is 1. The summed E-state index contributed by atoms with van der Waals surface area (Å²) in [6.45, 7) is 0. The van der Waals surface area contributed by atoms with E-state index in [1.165, 1.54) is 50.1 Å². The zero-order valence-corrected chi connectivity index (χ0v) is 25.0. The normalized spacial score (nSPS) is 18.9. The number of benzene rings is 6. The van der Waals surface area contributed by atoms with Crippen LogP contribution in [0.5, 0.6) is 11.5 Å². The first-order valence-electron chi connectivity index (χ1n) is 15.7.